The fraction of sp³-hybridized carbons (Fsp3) is 0.0444. The lowest BCUT2D eigenvalue weighted by Gasteiger charge is -2.15. The quantitative estimate of drug-likeness (QED) is 0.0976. The van der Waals surface area contributed by atoms with Crippen LogP contribution in [-0.4, -0.2) is 24.9 Å². The number of fused-ring (bicyclic) bond motifs is 2. The largest absolute Gasteiger partial charge is 0.436 e. The van der Waals surface area contributed by atoms with Gasteiger partial charge in [-0.1, -0.05) is 23.5 Å². The third-order valence-electron chi connectivity index (χ3n) is 9.24. The van der Waals surface area contributed by atoms with Crippen LogP contribution >= 0.6 is 23.5 Å². The molecule has 0 atom stereocenters. The number of oxazole rings is 1. The summed E-state index contributed by atoms with van der Waals surface area (Å²) in [6.07, 6.45) is 5.31. The minimum atomic E-state index is 0.491. The molecule has 0 aliphatic carbocycles. The second kappa shape index (κ2) is 15.3. The highest BCUT2D eigenvalue weighted by Crippen LogP contribution is 2.41. The Morgan fingerprint density at radius 2 is 1.00 bits per heavy atom. The molecule has 4 aromatic carbocycles. The molecular formula is C45H35N9OS2. The minimum Gasteiger partial charge on any atom is -0.436 e. The van der Waals surface area contributed by atoms with Crippen LogP contribution in [0.25, 0.3) is 44.8 Å². The van der Waals surface area contributed by atoms with Crippen molar-refractivity contribution in [1.82, 2.24) is 24.9 Å². The van der Waals surface area contributed by atoms with Crippen molar-refractivity contribution < 1.29 is 4.42 Å². The van der Waals surface area contributed by atoms with Crippen LogP contribution in [-0.2, 0) is 0 Å². The van der Waals surface area contributed by atoms with E-state index in [0.717, 1.165) is 87.0 Å². The molecule has 12 heteroatoms. The molecule has 0 saturated carbocycles. The van der Waals surface area contributed by atoms with Crippen molar-refractivity contribution in [3.63, 3.8) is 0 Å². The molecule has 0 unspecified atom stereocenters. The summed E-state index contributed by atoms with van der Waals surface area (Å²) < 4.78 is 6.53. The van der Waals surface area contributed by atoms with Crippen LogP contribution in [0.3, 0.4) is 0 Å². The van der Waals surface area contributed by atoms with E-state index in [1.165, 1.54) is 0 Å². The summed E-state index contributed by atoms with van der Waals surface area (Å²) in [5.74, 6) is 1.12. The molecule has 5 heterocycles. The lowest BCUT2D eigenvalue weighted by molar-refractivity contribution is 0.589. The van der Waals surface area contributed by atoms with Gasteiger partial charge in [-0.05, 0) is 135 Å². The van der Waals surface area contributed by atoms with E-state index in [2.05, 4.69) is 54.8 Å². The van der Waals surface area contributed by atoms with Crippen LogP contribution < -0.4 is 22.1 Å². The first-order valence-corrected chi connectivity index (χ1v) is 19.7. The molecule has 0 fully saturated rings. The predicted octanol–water partition coefficient (Wildman–Crippen LogP) is 11.5. The van der Waals surface area contributed by atoms with Crippen LogP contribution in [0.15, 0.2) is 164 Å². The summed E-state index contributed by atoms with van der Waals surface area (Å²) in [5.41, 5.74) is 21.8. The van der Waals surface area contributed by atoms with Crippen molar-refractivity contribution in [3.05, 3.63) is 151 Å². The van der Waals surface area contributed by atoms with E-state index in [1.807, 2.05) is 111 Å². The Balaban J connectivity index is 1.07. The smallest absolute Gasteiger partial charge is 0.226 e. The van der Waals surface area contributed by atoms with Gasteiger partial charge in [0.15, 0.2) is 17.1 Å². The zero-order chi connectivity index (χ0) is 38.9. The summed E-state index contributed by atoms with van der Waals surface area (Å²) in [7, 11) is 0. The van der Waals surface area contributed by atoms with Crippen molar-refractivity contribution >= 4 is 79.7 Å². The van der Waals surface area contributed by atoms with Gasteiger partial charge in [-0.3, -0.25) is 0 Å². The summed E-state index contributed by atoms with van der Waals surface area (Å²) in [6, 6.07) is 40.1. The number of anilines is 6. The Bertz CT molecular complexity index is 2720. The van der Waals surface area contributed by atoms with Crippen molar-refractivity contribution in [2.24, 2.45) is 0 Å². The van der Waals surface area contributed by atoms with E-state index in [0.29, 0.717) is 22.9 Å². The van der Waals surface area contributed by atoms with Gasteiger partial charge in [0.05, 0.1) is 28.9 Å². The minimum absolute atomic E-state index is 0.491. The Labute approximate surface area is 337 Å². The van der Waals surface area contributed by atoms with Gasteiger partial charge in [0, 0.05) is 76.6 Å². The van der Waals surface area contributed by atoms with E-state index < -0.39 is 0 Å². The molecule has 0 radical (unpaired) electrons. The number of pyridine rings is 4. The molecular weight excluding hydrogens is 747 g/mol. The summed E-state index contributed by atoms with van der Waals surface area (Å²) >= 11 is 3.28. The van der Waals surface area contributed by atoms with Crippen LogP contribution in [0.5, 0.6) is 0 Å². The number of nitrogen functional groups attached to an aromatic ring is 2. The lowest BCUT2D eigenvalue weighted by atomic mass is 10.1. The van der Waals surface area contributed by atoms with Crippen LogP contribution in [0.2, 0.25) is 0 Å². The number of benzene rings is 4. The normalized spacial score (nSPS) is 11.3. The Hall–Kier alpha value is -6.89. The monoisotopic (exact) mass is 781 g/mol. The van der Waals surface area contributed by atoms with Crippen molar-refractivity contribution in [2.75, 3.05) is 22.1 Å². The zero-order valence-corrected chi connectivity index (χ0v) is 32.5. The van der Waals surface area contributed by atoms with E-state index >= 15 is 0 Å². The van der Waals surface area contributed by atoms with Gasteiger partial charge in [-0.15, -0.1) is 0 Å². The first-order valence-electron chi connectivity index (χ1n) is 18.1. The molecule has 0 bridgehead atoms. The fourth-order valence-electron chi connectivity index (χ4n) is 6.34. The molecule has 0 aliphatic heterocycles. The molecule has 278 valence electrons. The van der Waals surface area contributed by atoms with E-state index in [4.69, 9.17) is 20.9 Å². The van der Waals surface area contributed by atoms with Crippen LogP contribution in [0.4, 0.5) is 34.1 Å². The highest BCUT2D eigenvalue weighted by molar-refractivity contribution is 7.99. The number of hydrogen-bond acceptors (Lipinski definition) is 12. The maximum absolute atomic E-state index is 6.53. The molecule has 0 saturated heterocycles. The average Bonchev–Trinajstić information content (AvgIpc) is 3.71. The Morgan fingerprint density at radius 1 is 0.509 bits per heavy atom. The van der Waals surface area contributed by atoms with Gasteiger partial charge in [0.25, 0.3) is 0 Å². The SMILES string of the molecule is Cc1ccc2c(Nc3cc(-c4cnc(-c5ccc(Sc6ccc(N)cc6)c(Nc6ccnc7nc(C)ccc67)c5)o4)ccc3Sc3ccc(N)cc3)ccnc2n1. The summed E-state index contributed by atoms with van der Waals surface area (Å²) in [5, 5.41) is 9.19. The standard InChI is InChI=1S/C45H35N9OS2/c1-26-3-15-34-36(19-21-48-43(34)51-26)53-38-23-28(5-17-41(38)56-32-11-7-30(46)8-12-32)40-25-50-45(55-40)29-6-18-42(57-33-13-9-31(47)10-14-33)39(24-29)54-37-20-22-49-44-35(37)16-4-27(2)52-44/h3-25H,46-47H2,1-2H3,(H,48,51,53)(H,49,52,54). The molecule has 0 spiro atoms. The molecule has 9 aromatic rings. The highest BCUT2D eigenvalue weighted by atomic mass is 32.2. The Kier molecular flexibility index (Phi) is 9.63. The third kappa shape index (κ3) is 7.81. The number of nitrogens with one attached hydrogen (secondary N) is 2. The summed E-state index contributed by atoms with van der Waals surface area (Å²) in [6.45, 7) is 3.93. The number of aryl methyl sites for hydroxylation is 2. The van der Waals surface area contributed by atoms with Gasteiger partial charge >= 0.3 is 0 Å². The molecule has 6 N–H and O–H groups in total. The molecule has 0 amide bonds. The topological polar surface area (TPSA) is 154 Å². The number of rotatable bonds is 10. The first-order chi connectivity index (χ1) is 27.8. The maximum atomic E-state index is 6.53. The fourth-order valence-corrected chi connectivity index (χ4v) is 8.11. The molecule has 9 rings (SSSR count). The maximum Gasteiger partial charge on any atom is 0.226 e. The molecule has 57 heavy (non-hydrogen) atoms. The zero-order valence-electron chi connectivity index (χ0n) is 30.9. The number of nitrogens with two attached hydrogens (primary N) is 2. The molecule has 10 nitrogen and oxygen atoms in total. The van der Waals surface area contributed by atoms with Gasteiger partial charge in [0.2, 0.25) is 5.89 Å². The number of hydrogen-bond donors (Lipinski definition) is 4. The van der Waals surface area contributed by atoms with Gasteiger partial charge in [-0.25, -0.2) is 24.9 Å². The van der Waals surface area contributed by atoms with E-state index in [-0.39, 0.29) is 0 Å². The lowest BCUT2D eigenvalue weighted by Crippen LogP contribution is -1.97. The first kappa shape index (κ1) is 35.8. The van der Waals surface area contributed by atoms with Crippen LogP contribution in [0.1, 0.15) is 11.4 Å². The van der Waals surface area contributed by atoms with Crippen molar-refractivity contribution in [3.8, 4) is 22.8 Å². The number of aromatic nitrogens is 5. The van der Waals surface area contributed by atoms with Gasteiger partial charge in [-0.2, -0.15) is 0 Å². The predicted molar refractivity (Wildman–Crippen MR) is 232 cm³/mol. The van der Waals surface area contributed by atoms with Gasteiger partial charge in [0.1, 0.15) is 0 Å². The number of nitrogens with zero attached hydrogens (tertiary/aromatic N) is 5. The average molecular weight is 782 g/mol. The van der Waals surface area contributed by atoms with Crippen molar-refractivity contribution in [1.29, 1.82) is 0 Å². The van der Waals surface area contributed by atoms with Crippen LogP contribution in [0, 0.1) is 13.8 Å². The second-order valence-electron chi connectivity index (χ2n) is 13.4. The highest BCUT2D eigenvalue weighted by Gasteiger charge is 2.17. The van der Waals surface area contributed by atoms with E-state index in [1.54, 1.807) is 42.1 Å². The molecule has 0 aliphatic rings. The Morgan fingerprint density at radius 3 is 1.53 bits per heavy atom. The van der Waals surface area contributed by atoms with Crippen molar-refractivity contribution in [2.45, 2.75) is 33.4 Å². The molecule has 5 aromatic heterocycles. The second-order valence-corrected chi connectivity index (χ2v) is 15.6. The van der Waals surface area contributed by atoms with E-state index in [9.17, 15) is 0 Å². The third-order valence-corrected chi connectivity index (χ3v) is 11.4. The van der Waals surface area contributed by atoms with Gasteiger partial charge < -0.3 is 26.5 Å². The summed E-state index contributed by atoms with van der Waals surface area (Å²) in [4.78, 5) is 27.2.